The Balaban J connectivity index is 1.48. The summed E-state index contributed by atoms with van der Waals surface area (Å²) in [5.41, 5.74) is 7.91. The SMILES string of the molecule is CN(C(=O)c1c(F)cccc1F)c1cccc(-c2nc(N)sc2-c2ccnc(Nc3cccc(F)c3)n2)c1. The van der Waals surface area contributed by atoms with Crippen molar-refractivity contribution in [2.45, 2.75) is 0 Å². The van der Waals surface area contributed by atoms with Crippen LogP contribution in [0.2, 0.25) is 0 Å². The number of halogens is 3. The molecule has 0 unspecified atom stereocenters. The molecular formula is C27H19F3N6OS. The molecule has 0 aliphatic rings. The molecule has 5 rings (SSSR count). The first kappa shape index (κ1) is 24.9. The molecule has 3 aromatic carbocycles. The van der Waals surface area contributed by atoms with Crippen molar-refractivity contribution in [3.8, 4) is 21.8 Å². The summed E-state index contributed by atoms with van der Waals surface area (Å²) in [5, 5.41) is 3.26. The predicted octanol–water partition coefficient (Wildman–Crippen LogP) is 6.29. The lowest BCUT2D eigenvalue weighted by Crippen LogP contribution is -2.28. The number of hydrogen-bond donors (Lipinski definition) is 2. The Hall–Kier alpha value is -4.77. The van der Waals surface area contributed by atoms with Crippen LogP contribution in [0.15, 0.2) is 79.0 Å². The van der Waals surface area contributed by atoms with Crippen LogP contribution in [-0.2, 0) is 0 Å². The summed E-state index contributed by atoms with van der Waals surface area (Å²) in [4.78, 5) is 27.9. The molecule has 0 aliphatic carbocycles. The molecule has 0 spiro atoms. The maximum atomic E-state index is 14.2. The number of rotatable bonds is 6. The quantitative estimate of drug-likeness (QED) is 0.267. The molecule has 0 saturated carbocycles. The zero-order valence-electron chi connectivity index (χ0n) is 19.8. The van der Waals surface area contributed by atoms with Crippen LogP contribution >= 0.6 is 11.3 Å². The zero-order chi connectivity index (χ0) is 26.8. The van der Waals surface area contributed by atoms with Crippen LogP contribution in [0.4, 0.5) is 35.6 Å². The highest BCUT2D eigenvalue weighted by Gasteiger charge is 2.23. The highest BCUT2D eigenvalue weighted by Crippen LogP contribution is 2.38. The van der Waals surface area contributed by atoms with Crippen LogP contribution in [0, 0.1) is 17.5 Å². The third-order valence-electron chi connectivity index (χ3n) is 5.60. The minimum atomic E-state index is -0.945. The largest absolute Gasteiger partial charge is 0.375 e. The van der Waals surface area contributed by atoms with E-state index in [0.717, 1.165) is 17.0 Å². The van der Waals surface area contributed by atoms with Gasteiger partial charge in [-0.3, -0.25) is 4.79 Å². The normalized spacial score (nSPS) is 10.8. The monoisotopic (exact) mass is 532 g/mol. The average molecular weight is 533 g/mol. The molecule has 0 bridgehead atoms. The van der Waals surface area contributed by atoms with Gasteiger partial charge in [0.05, 0.1) is 16.3 Å². The van der Waals surface area contributed by atoms with Crippen LogP contribution in [0.3, 0.4) is 0 Å². The molecule has 0 radical (unpaired) electrons. The van der Waals surface area contributed by atoms with E-state index in [9.17, 15) is 18.0 Å². The lowest BCUT2D eigenvalue weighted by molar-refractivity contribution is 0.0985. The molecule has 7 nitrogen and oxygen atoms in total. The lowest BCUT2D eigenvalue weighted by Gasteiger charge is -2.19. The summed E-state index contributed by atoms with van der Waals surface area (Å²) in [5.74, 6) is -2.88. The second kappa shape index (κ2) is 10.3. The Morgan fingerprint density at radius 1 is 0.947 bits per heavy atom. The number of hydrogen-bond acceptors (Lipinski definition) is 7. The van der Waals surface area contributed by atoms with Crippen molar-refractivity contribution in [3.05, 3.63) is 102 Å². The topological polar surface area (TPSA) is 97.0 Å². The van der Waals surface area contributed by atoms with Crippen LogP contribution in [-0.4, -0.2) is 27.9 Å². The highest BCUT2D eigenvalue weighted by atomic mass is 32.1. The molecular weight excluding hydrogens is 513 g/mol. The van der Waals surface area contributed by atoms with Crippen molar-refractivity contribution in [3.63, 3.8) is 0 Å². The van der Waals surface area contributed by atoms with E-state index in [-0.39, 0.29) is 11.1 Å². The molecule has 0 atom stereocenters. The highest BCUT2D eigenvalue weighted by molar-refractivity contribution is 7.19. The summed E-state index contributed by atoms with van der Waals surface area (Å²) in [6.45, 7) is 0. The van der Waals surface area contributed by atoms with Gasteiger partial charge in [-0.25, -0.2) is 28.1 Å². The van der Waals surface area contributed by atoms with Gasteiger partial charge in [-0.2, -0.15) is 0 Å². The van der Waals surface area contributed by atoms with E-state index in [1.54, 1.807) is 48.7 Å². The van der Waals surface area contributed by atoms with E-state index in [1.165, 1.54) is 36.6 Å². The summed E-state index contributed by atoms with van der Waals surface area (Å²) < 4.78 is 42.0. The van der Waals surface area contributed by atoms with Gasteiger partial charge in [-0.05, 0) is 48.5 Å². The summed E-state index contributed by atoms with van der Waals surface area (Å²) in [6, 6.07) is 17.6. The van der Waals surface area contributed by atoms with Gasteiger partial charge in [0.1, 0.15) is 23.0 Å². The number of nitrogen functional groups attached to an aromatic ring is 1. The summed E-state index contributed by atoms with van der Waals surface area (Å²) >= 11 is 1.21. The lowest BCUT2D eigenvalue weighted by atomic mass is 10.1. The van der Waals surface area contributed by atoms with Gasteiger partial charge in [0, 0.05) is 30.2 Å². The molecule has 5 aromatic rings. The van der Waals surface area contributed by atoms with Gasteiger partial charge in [0.25, 0.3) is 5.91 Å². The fraction of sp³-hybridized carbons (Fsp3) is 0.0370. The minimum Gasteiger partial charge on any atom is -0.375 e. The maximum Gasteiger partial charge on any atom is 0.263 e. The van der Waals surface area contributed by atoms with Gasteiger partial charge < -0.3 is 16.0 Å². The first-order chi connectivity index (χ1) is 18.3. The third-order valence-corrected chi connectivity index (χ3v) is 6.51. The second-order valence-corrected chi connectivity index (χ2v) is 9.17. The standard InChI is InChI=1S/C27H19F3N6OS/c1-36(25(37)22-19(29)9-4-10-20(22)30)18-8-2-5-15(13-18)23-24(38-26(31)35-23)21-11-12-32-27(34-21)33-17-7-3-6-16(28)14-17/h2-14H,1H3,(H2,31,35)(H,32,33,34). The molecule has 38 heavy (non-hydrogen) atoms. The number of carbonyl (C=O) groups excluding carboxylic acids is 1. The van der Waals surface area contributed by atoms with Crippen molar-refractivity contribution in [1.82, 2.24) is 15.0 Å². The Kier molecular flexibility index (Phi) is 6.75. The van der Waals surface area contributed by atoms with Gasteiger partial charge in [0.2, 0.25) is 5.95 Å². The van der Waals surface area contributed by atoms with E-state index < -0.39 is 28.9 Å². The molecule has 0 saturated heterocycles. The fourth-order valence-corrected chi connectivity index (χ4v) is 4.62. The van der Waals surface area contributed by atoms with E-state index in [1.807, 2.05) is 0 Å². The number of aromatic nitrogens is 3. The van der Waals surface area contributed by atoms with Crippen molar-refractivity contribution < 1.29 is 18.0 Å². The van der Waals surface area contributed by atoms with Gasteiger partial charge in [0.15, 0.2) is 5.13 Å². The summed E-state index contributed by atoms with van der Waals surface area (Å²) in [6.07, 6.45) is 1.55. The molecule has 2 aromatic heterocycles. The number of benzene rings is 3. The Labute approximate surface area is 219 Å². The fourth-order valence-electron chi connectivity index (χ4n) is 3.80. The van der Waals surface area contributed by atoms with E-state index in [0.29, 0.717) is 33.2 Å². The molecule has 3 N–H and O–H groups in total. The molecule has 1 amide bonds. The predicted molar refractivity (Wildman–Crippen MR) is 142 cm³/mol. The van der Waals surface area contributed by atoms with E-state index >= 15 is 0 Å². The van der Waals surface area contributed by atoms with Gasteiger partial charge in [-0.15, -0.1) is 0 Å². The Morgan fingerprint density at radius 3 is 2.45 bits per heavy atom. The van der Waals surface area contributed by atoms with Crippen LogP contribution in [0.1, 0.15) is 10.4 Å². The van der Waals surface area contributed by atoms with Gasteiger partial charge in [-0.1, -0.05) is 35.6 Å². The first-order valence-corrected chi connectivity index (χ1v) is 12.1. The van der Waals surface area contributed by atoms with Gasteiger partial charge >= 0.3 is 0 Å². The van der Waals surface area contributed by atoms with E-state index in [4.69, 9.17) is 5.73 Å². The molecule has 2 heterocycles. The third kappa shape index (κ3) is 5.04. The van der Waals surface area contributed by atoms with Crippen LogP contribution in [0.25, 0.3) is 21.8 Å². The van der Waals surface area contributed by atoms with Crippen molar-refractivity contribution in [2.24, 2.45) is 0 Å². The Bertz CT molecular complexity index is 1640. The van der Waals surface area contributed by atoms with Crippen molar-refractivity contribution >= 4 is 39.7 Å². The molecule has 0 fully saturated rings. The molecule has 0 aliphatic heterocycles. The first-order valence-electron chi connectivity index (χ1n) is 11.2. The Morgan fingerprint density at radius 2 is 1.68 bits per heavy atom. The number of nitrogens with two attached hydrogens (primary N) is 1. The number of thiazole rings is 1. The maximum absolute atomic E-state index is 14.2. The number of carbonyl (C=O) groups is 1. The minimum absolute atomic E-state index is 0.247. The number of nitrogens with zero attached hydrogens (tertiary/aromatic N) is 4. The second-order valence-electron chi connectivity index (χ2n) is 8.14. The van der Waals surface area contributed by atoms with Crippen LogP contribution < -0.4 is 16.0 Å². The zero-order valence-corrected chi connectivity index (χ0v) is 20.6. The molecule has 11 heteroatoms. The van der Waals surface area contributed by atoms with Crippen LogP contribution in [0.5, 0.6) is 0 Å². The van der Waals surface area contributed by atoms with E-state index in [2.05, 4.69) is 20.3 Å². The van der Waals surface area contributed by atoms with Crippen molar-refractivity contribution in [1.29, 1.82) is 0 Å². The number of nitrogens with one attached hydrogen (secondary N) is 1. The number of anilines is 4. The summed E-state index contributed by atoms with van der Waals surface area (Å²) in [7, 11) is 1.43. The van der Waals surface area contributed by atoms with Crippen molar-refractivity contribution in [2.75, 3.05) is 23.0 Å². The molecule has 190 valence electrons. The number of amides is 1. The average Bonchev–Trinajstić information content (AvgIpc) is 3.30. The smallest absolute Gasteiger partial charge is 0.263 e.